The van der Waals surface area contributed by atoms with Gasteiger partial charge in [-0.3, -0.25) is 4.79 Å². The molecule has 38 heavy (non-hydrogen) atoms. The third-order valence-corrected chi connectivity index (χ3v) is 6.39. The monoisotopic (exact) mass is 529 g/mol. The zero-order valence-electron chi connectivity index (χ0n) is 20.7. The van der Waals surface area contributed by atoms with Gasteiger partial charge in [-0.15, -0.1) is 0 Å². The van der Waals surface area contributed by atoms with E-state index >= 15 is 0 Å². The molecule has 0 bridgehead atoms. The number of ether oxygens (including phenoxy) is 2. The molecule has 2 heterocycles. The first-order chi connectivity index (χ1) is 18.4. The number of amides is 1. The number of carbonyl (C=O) groups is 2. The minimum Gasteiger partial charge on any atom is -0.495 e. The van der Waals surface area contributed by atoms with E-state index in [0.29, 0.717) is 40.0 Å². The number of hydrogen-bond donors (Lipinski definition) is 1. The van der Waals surface area contributed by atoms with Gasteiger partial charge in [-0.25, -0.2) is 9.48 Å². The number of aromatic nitrogens is 2. The summed E-state index contributed by atoms with van der Waals surface area (Å²) in [5.74, 6) is -0.752. The van der Waals surface area contributed by atoms with Crippen LogP contribution in [0.5, 0.6) is 5.75 Å². The number of anilines is 1. The molecule has 0 aliphatic heterocycles. The van der Waals surface area contributed by atoms with Crippen LogP contribution in [0.4, 0.5) is 5.69 Å². The van der Waals surface area contributed by atoms with Crippen LogP contribution in [0.25, 0.3) is 28.0 Å². The summed E-state index contributed by atoms with van der Waals surface area (Å²) in [5.41, 5.74) is 4.06. The second kappa shape index (κ2) is 10.8. The topological polar surface area (TPSA) is 95.6 Å². The summed E-state index contributed by atoms with van der Waals surface area (Å²) in [6.45, 7) is 1.82. The van der Waals surface area contributed by atoms with Gasteiger partial charge in [-0.2, -0.15) is 5.10 Å². The zero-order chi connectivity index (χ0) is 26.6. The maximum absolute atomic E-state index is 12.5. The lowest BCUT2D eigenvalue weighted by Gasteiger charge is -2.10. The molecule has 9 heteroatoms. The number of rotatable bonds is 8. The first-order valence-electron chi connectivity index (χ1n) is 11.8. The van der Waals surface area contributed by atoms with Gasteiger partial charge in [0, 0.05) is 28.5 Å². The van der Waals surface area contributed by atoms with Gasteiger partial charge in [-0.05, 0) is 30.7 Å². The fourth-order valence-corrected chi connectivity index (χ4v) is 4.46. The van der Waals surface area contributed by atoms with Crippen molar-refractivity contribution in [3.05, 3.63) is 94.8 Å². The van der Waals surface area contributed by atoms with Crippen LogP contribution in [-0.2, 0) is 20.9 Å². The number of esters is 1. The number of nitrogens with one attached hydrogen (secondary N) is 1. The highest BCUT2D eigenvalue weighted by Gasteiger charge is 2.16. The van der Waals surface area contributed by atoms with Gasteiger partial charge in [0.2, 0.25) is 0 Å². The van der Waals surface area contributed by atoms with Gasteiger partial charge < -0.3 is 19.2 Å². The third kappa shape index (κ3) is 5.26. The highest BCUT2D eigenvalue weighted by atomic mass is 35.5. The van der Waals surface area contributed by atoms with E-state index in [4.69, 9.17) is 25.5 Å². The zero-order valence-corrected chi connectivity index (χ0v) is 21.5. The van der Waals surface area contributed by atoms with Gasteiger partial charge in [0.15, 0.2) is 6.61 Å². The van der Waals surface area contributed by atoms with E-state index in [1.54, 1.807) is 23.7 Å². The Morgan fingerprint density at radius 2 is 1.82 bits per heavy atom. The second-order valence-corrected chi connectivity index (χ2v) is 8.93. The van der Waals surface area contributed by atoms with Crippen molar-refractivity contribution in [1.29, 1.82) is 0 Å². The average molecular weight is 530 g/mol. The van der Waals surface area contributed by atoms with Crippen LogP contribution in [0.3, 0.4) is 0 Å². The number of hydrogen-bond acceptors (Lipinski definition) is 6. The summed E-state index contributed by atoms with van der Waals surface area (Å²) in [6, 6.07) is 20.9. The second-order valence-electron chi connectivity index (χ2n) is 8.57. The van der Waals surface area contributed by atoms with E-state index in [9.17, 15) is 9.59 Å². The first-order valence-corrected chi connectivity index (χ1v) is 12.2. The van der Waals surface area contributed by atoms with Gasteiger partial charge >= 0.3 is 5.97 Å². The summed E-state index contributed by atoms with van der Waals surface area (Å²) in [7, 11) is 1.51. The summed E-state index contributed by atoms with van der Waals surface area (Å²) >= 11 is 6.49. The molecule has 0 aliphatic rings. The van der Waals surface area contributed by atoms with Crippen molar-refractivity contribution in [3.63, 3.8) is 0 Å². The van der Waals surface area contributed by atoms with E-state index in [0.717, 1.165) is 21.9 Å². The summed E-state index contributed by atoms with van der Waals surface area (Å²) in [4.78, 5) is 24.8. The van der Waals surface area contributed by atoms with Crippen LogP contribution in [0.2, 0.25) is 5.15 Å². The van der Waals surface area contributed by atoms with E-state index in [2.05, 4.69) is 10.4 Å². The molecule has 0 spiro atoms. The number of furan rings is 1. The molecule has 0 fully saturated rings. The van der Waals surface area contributed by atoms with Crippen molar-refractivity contribution in [1.82, 2.24) is 9.78 Å². The van der Waals surface area contributed by atoms with Gasteiger partial charge in [0.05, 0.1) is 25.0 Å². The Labute approximate surface area is 223 Å². The predicted molar refractivity (Wildman–Crippen MR) is 146 cm³/mol. The number of methoxy groups -OCH3 is 1. The number of aryl methyl sites for hydroxylation is 1. The fraction of sp³-hybridized carbons (Fsp3) is 0.138. The molecule has 0 saturated heterocycles. The molecule has 0 aliphatic carbocycles. The van der Waals surface area contributed by atoms with Crippen molar-refractivity contribution >= 4 is 57.2 Å². The van der Waals surface area contributed by atoms with Crippen LogP contribution in [-0.4, -0.2) is 35.4 Å². The van der Waals surface area contributed by atoms with Gasteiger partial charge in [0.25, 0.3) is 5.91 Å². The fourth-order valence-electron chi connectivity index (χ4n) is 4.16. The van der Waals surface area contributed by atoms with Crippen LogP contribution in [0, 0.1) is 6.92 Å². The number of para-hydroxylation sites is 1. The Balaban J connectivity index is 1.22. The van der Waals surface area contributed by atoms with Crippen LogP contribution < -0.4 is 10.1 Å². The Morgan fingerprint density at radius 3 is 2.61 bits per heavy atom. The largest absolute Gasteiger partial charge is 0.495 e. The molecule has 2 aromatic heterocycles. The summed E-state index contributed by atoms with van der Waals surface area (Å²) in [5, 5.41) is 9.38. The lowest BCUT2D eigenvalue weighted by Crippen LogP contribution is -2.20. The third-order valence-electron chi connectivity index (χ3n) is 5.99. The van der Waals surface area contributed by atoms with E-state index in [-0.39, 0.29) is 0 Å². The quantitative estimate of drug-likeness (QED) is 0.196. The lowest BCUT2D eigenvalue weighted by molar-refractivity contribution is -0.142. The number of halogens is 1. The highest BCUT2D eigenvalue weighted by Crippen LogP contribution is 2.36. The number of benzene rings is 3. The molecule has 3 aromatic carbocycles. The van der Waals surface area contributed by atoms with Gasteiger partial charge in [0.1, 0.15) is 22.1 Å². The molecule has 0 atom stereocenters. The van der Waals surface area contributed by atoms with Gasteiger partial charge in [-0.1, -0.05) is 60.1 Å². The van der Waals surface area contributed by atoms with Crippen LogP contribution in [0.1, 0.15) is 16.8 Å². The molecule has 0 saturated carbocycles. The molecule has 5 rings (SSSR count). The minimum atomic E-state index is -0.689. The van der Waals surface area contributed by atoms with Crippen molar-refractivity contribution < 1.29 is 23.5 Å². The molecule has 1 N–H and O–H groups in total. The normalized spacial score (nSPS) is 11.3. The van der Waals surface area contributed by atoms with Crippen molar-refractivity contribution in [2.75, 3.05) is 19.0 Å². The molecule has 192 valence electrons. The molecule has 8 nitrogen and oxygen atoms in total. The Kier molecular flexibility index (Phi) is 7.15. The Morgan fingerprint density at radius 1 is 1.05 bits per heavy atom. The Bertz CT molecular complexity index is 1670. The maximum atomic E-state index is 12.5. The SMILES string of the molecule is COc1cc2c(cc1NC(=O)COC(=O)C=Cc1c(C)nn(Cc3ccccc3)c1Cl)oc1ccccc12. The Hall–Kier alpha value is -4.56. The molecule has 0 unspecified atom stereocenters. The molecular formula is C29H24ClN3O5. The van der Waals surface area contributed by atoms with Crippen molar-refractivity contribution in [3.8, 4) is 5.75 Å². The number of nitrogens with zero attached hydrogens (tertiary/aromatic N) is 2. The number of carbonyl (C=O) groups excluding carboxylic acids is 2. The minimum absolute atomic E-state index is 0.404. The van der Waals surface area contributed by atoms with Crippen molar-refractivity contribution in [2.24, 2.45) is 0 Å². The van der Waals surface area contributed by atoms with E-state index < -0.39 is 18.5 Å². The molecule has 5 aromatic rings. The van der Waals surface area contributed by atoms with Crippen molar-refractivity contribution in [2.45, 2.75) is 13.5 Å². The standard InChI is InChI=1S/C29H24ClN3O5/c1-18-20(29(30)33(32-18)16-19-8-4-3-5-9-19)12-13-28(35)37-17-27(34)31-23-15-25-22(14-26(23)36-2)21-10-6-7-11-24(21)38-25/h3-15H,16-17H2,1-2H3,(H,31,34). The lowest BCUT2D eigenvalue weighted by atomic mass is 10.1. The number of fused-ring (bicyclic) bond motifs is 3. The summed E-state index contributed by atoms with van der Waals surface area (Å²) < 4.78 is 18.1. The van der Waals surface area contributed by atoms with Crippen LogP contribution in [0.15, 0.2) is 77.2 Å². The summed E-state index contributed by atoms with van der Waals surface area (Å²) in [6.07, 6.45) is 2.75. The first kappa shape index (κ1) is 25.1. The smallest absolute Gasteiger partial charge is 0.331 e. The van der Waals surface area contributed by atoms with E-state index in [1.165, 1.54) is 19.3 Å². The van der Waals surface area contributed by atoms with E-state index in [1.807, 2.05) is 54.6 Å². The molecular weight excluding hydrogens is 506 g/mol. The molecule has 1 amide bonds. The average Bonchev–Trinajstić information content (AvgIpc) is 3.41. The maximum Gasteiger partial charge on any atom is 0.331 e. The highest BCUT2D eigenvalue weighted by molar-refractivity contribution is 6.31. The van der Waals surface area contributed by atoms with Crippen LogP contribution >= 0.6 is 11.6 Å². The molecule has 0 radical (unpaired) electrons. The predicted octanol–water partition coefficient (Wildman–Crippen LogP) is 6.00.